The lowest BCUT2D eigenvalue weighted by atomic mass is 10.1. The molecular formula is C14H11Cl2N3O. The molecule has 2 N–H and O–H groups in total. The minimum atomic E-state index is 0.462. The SMILES string of the molecule is COc1ccc(-c2nc3c(Cl)cc(Cl)cn3c2N)cc1. The Balaban J connectivity index is 2.20. The second-order valence-electron chi connectivity index (χ2n) is 4.27. The van der Waals surface area contributed by atoms with Crippen LogP contribution >= 0.6 is 23.2 Å². The summed E-state index contributed by atoms with van der Waals surface area (Å²) in [4.78, 5) is 4.49. The van der Waals surface area contributed by atoms with Crippen LogP contribution in [-0.4, -0.2) is 16.5 Å². The van der Waals surface area contributed by atoms with Crippen LogP contribution in [-0.2, 0) is 0 Å². The number of hydrogen-bond donors (Lipinski definition) is 1. The van der Waals surface area contributed by atoms with E-state index in [1.54, 1.807) is 23.8 Å². The van der Waals surface area contributed by atoms with Crippen LogP contribution in [0.3, 0.4) is 0 Å². The maximum absolute atomic E-state index is 6.14. The van der Waals surface area contributed by atoms with Gasteiger partial charge in [-0.3, -0.25) is 4.40 Å². The van der Waals surface area contributed by atoms with Crippen molar-refractivity contribution < 1.29 is 4.74 Å². The smallest absolute Gasteiger partial charge is 0.158 e. The number of anilines is 1. The number of benzene rings is 1. The van der Waals surface area contributed by atoms with Crippen molar-refractivity contribution >= 4 is 34.7 Å². The van der Waals surface area contributed by atoms with Crippen LogP contribution in [0.15, 0.2) is 36.5 Å². The van der Waals surface area contributed by atoms with E-state index >= 15 is 0 Å². The van der Waals surface area contributed by atoms with E-state index in [0.29, 0.717) is 27.2 Å². The summed E-state index contributed by atoms with van der Waals surface area (Å²) in [5.41, 5.74) is 8.27. The molecule has 0 aliphatic heterocycles. The Morgan fingerprint density at radius 3 is 2.55 bits per heavy atom. The predicted octanol–water partition coefficient (Wildman–Crippen LogP) is 3.90. The molecule has 0 spiro atoms. The molecule has 2 heterocycles. The largest absolute Gasteiger partial charge is 0.497 e. The Morgan fingerprint density at radius 2 is 1.90 bits per heavy atom. The van der Waals surface area contributed by atoms with Crippen LogP contribution in [0.5, 0.6) is 5.75 Å². The first-order valence-electron chi connectivity index (χ1n) is 5.87. The minimum Gasteiger partial charge on any atom is -0.497 e. The highest BCUT2D eigenvalue weighted by Gasteiger charge is 2.14. The van der Waals surface area contributed by atoms with Gasteiger partial charge in [-0.1, -0.05) is 23.2 Å². The van der Waals surface area contributed by atoms with Crippen molar-refractivity contribution in [3.8, 4) is 17.0 Å². The Bertz CT molecular complexity index is 781. The molecule has 2 aromatic heterocycles. The summed E-state index contributed by atoms with van der Waals surface area (Å²) in [6, 6.07) is 9.14. The number of nitrogens with two attached hydrogens (primary N) is 1. The minimum absolute atomic E-state index is 0.462. The molecule has 4 nitrogen and oxygen atoms in total. The molecule has 0 radical (unpaired) electrons. The van der Waals surface area contributed by atoms with Crippen molar-refractivity contribution in [2.24, 2.45) is 0 Å². The zero-order chi connectivity index (χ0) is 14.3. The third-order valence-corrected chi connectivity index (χ3v) is 3.53. The molecule has 3 rings (SSSR count). The van der Waals surface area contributed by atoms with Gasteiger partial charge in [0.1, 0.15) is 17.3 Å². The first-order valence-corrected chi connectivity index (χ1v) is 6.62. The normalized spacial score (nSPS) is 10.9. The maximum Gasteiger partial charge on any atom is 0.158 e. The fourth-order valence-corrected chi connectivity index (χ4v) is 2.57. The lowest BCUT2D eigenvalue weighted by Gasteiger charge is -2.02. The molecular weight excluding hydrogens is 297 g/mol. The highest BCUT2D eigenvalue weighted by molar-refractivity contribution is 6.36. The summed E-state index contributed by atoms with van der Waals surface area (Å²) in [5.74, 6) is 1.27. The van der Waals surface area contributed by atoms with Crippen molar-refractivity contribution in [3.63, 3.8) is 0 Å². The zero-order valence-electron chi connectivity index (χ0n) is 10.6. The Labute approximate surface area is 125 Å². The molecule has 6 heteroatoms. The third-order valence-electron chi connectivity index (χ3n) is 3.04. The predicted molar refractivity (Wildman–Crippen MR) is 81.6 cm³/mol. The molecule has 0 saturated carbocycles. The van der Waals surface area contributed by atoms with E-state index in [9.17, 15) is 0 Å². The summed E-state index contributed by atoms with van der Waals surface area (Å²) >= 11 is 12.1. The first kappa shape index (κ1) is 13.1. The standard InChI is InChI=1S/C14H11Cl2N3O/c1-20-10-4-2-8(3-5-10)12-13(17)19-7-9(15)6-11(16)14(19)18-12/h2-7H,17H2,1H3. The first-order chi connectivity index (χ1) is 9.60. The summed E-state index contributed by atoms with van der Waals surface area (Å²) in [6.45, 7) is 0. The molecule has 20 heavy (non-hydrogen) atoms. The van der Waals surface area contributed by atoms with Gasteiger partial charge in [-0.15, -0.1) is 0 Å². The zero-order valence-corrected chi connectivity index (χ0v) is 12.1. The van der Waals surface area contributed by atoms with Gasteiger partial charge in [0, 0.05) is 11.8 Å². The summed E-state index contributed by atoms with van der Waals surface area (Å²) in [5, 5.41) is 0.969. The number of hydrogen-bond acceptors (Lipinski definition) is 3. The molecule has 0 amide bonds. The van der Waals surface area contributed by atoms with Gasteiger partial charge in [-0.2, -0.15) is 0 Å². The fraction of sp³-hybridized carbons (Fsp3) is 0.0714. The number of nitrogens with zero attached hydrogens (tertiary/aromatic N) is 2. The molecule has 0 aliphatic carbocycles. The number of aromatic nitrogens is 2. The Kier molecular flexibility index (Phi) is 3.20. The van der Waals surface area contributed by atoms with E-state index in [4.69, 9.17) is 33.7 Å². The van der Waals surface area contributed by atoms with Crippen molar-refractivity contribution in [1.29, 1.82) is 0 Å². The van der Waals surface area contributed by atoms with Gasteiger partial charge in [-0.25, -0.2) is 4.98 Å². The monoisotopic (exact) mass is 307 g/mol. The van der Waals surface area contributed by atoms with Gasteiger partial charge in [0.25, 0.3) is 0 Å². The Hall–Kier alpha value is -1.91. The van der Waals surface area contributed by atoms with Crippen LogP contribution in [0, 0.1) is 0 Å². The van der Waals surface area contributed by atoms with Gasteiger partial charge in [0.15, 0.2) is 5.65 Å². The molecule has 3 aromatic rings. The molecule has 0 bridgehead atoms. The Morgan fingerprint density at radius 1 is 1.20 bits per heavy atom. The van der Waals surface area contributed by atoms with E-state index in [1.807, 2.05) is 24.3 Å². The lowest BCUT2D eigenvalue weighted by molar-refractivity contribution is 0.415. The van der Waals surface area contributed by atoms with Crippen LogP contribution in [0.25, 0.3) is 16.9 Å². The van der Waals surface area contributed by atoms with Gasteiger partial charge in [0.2, 0.25) is 0 Å². The summed E-state index contributed by atoms with van der Waals surface area (Å²) in [7, 11) is 1.62. The number of rotatable bonds is 2. The van der Waals surface area contributed by atoms with Crippen LogP contribution in [0.2, 0.25) is 10.0 Å². The maximum atomic E-state index is 6.14. The number of imidazole rings is 1. The van der Waals surface area contributed by atoms with Crippen LogP contribution in [0.4, 0.5) is 5.82 Å². The number of pyridine rings is 1. The average Bonchev–Trinajstić information content (AvgIpc) is 2.77. The topological polar surface area (TPSA) is 52.5 Å². The van der Waals surface area contributed by atoms with Gasteiger partial charge in [-0.05, 0) is 30.3 Å². The van der Waals surface area contributed by atoms with E-state index in [1.165, 1.54) is 0 Å². The third kappa shape index (κ3) is 2.07. The summed E-state index contributed by atoms with van der Waals surface area (Å²) in [6.07, 6.45) is 1.69. The number of halogens is 2. The molecule has 1 aromatic carbocycles. The number of ether oxygens (including phenoxy) is 1. The van der Waals surface area contributed by atoms with Crippen molar-refractivity contribution in [1.82, 2.24) is 9.38 Å². The van der Waals surface area contributed by atoms with Crippen LogP contribution in [0.1, 0.15) is 0 Å². The van der Waals surface area contributed by atoms with Crippen molar-refractivity contribution in [2.75, 3.05) is 12.8 Å². The van der Waals surface area contributed by atoms with E-state index in [2.05, 4.69) is 4.98 Å². The summed E-state index contributed by atoms with van der Waals surface area (Å²) < 4.78 is 6.82. The van der Waals surface area contributed by atoms with Crippen molar-refractivity contribution in [2.45, 2.75) is 0 Å². The van der Waals surface area contributed by atoms with Crippen molar-refractivity contribution in [3.05, 3.63) is 46.6 Å². The molecule has 0 fully saturated rings. The molecule has 0 unspecified atom stereocenters. The number of methoxy groups -OCH3 is 1. The molecule has 0 saturated heterocycles. The van der Waals surface area contributed by atoms with Gasteiger partial charge < -0.3 is 10.5 Å². The highest BCUT2D eigenvalue weighted by Crippen LogP contribution is 2.31. The van der Waals surface area contributed by atoms with E-state index in [-0.39, 0.29) is 0 Å². The fourth-order valence-electron chi connectivity index (χ4n) is 2.05. The van der Waals surface area contributed by atoms with Gasteiger partial charge in [0.05, 0.1) is 17.2 Å². The highest BCUT2D eigenvalue weighted by atomic mass is 35.5. The second-order valence-corrected chi connectivity index (χ2v) is 5.12. The van der Waals surface area contributed by atoms with E-state index in [0.717, 1.165) is 11.3 Å². The van der Waals surface area contributed by atoms with Crippen LogP contribution < -0.4 is 10.5 Å². The molecule has 102 valence electrons. The van der Waals surface area contributed by atoms with Gasteiger partial charge >= 0.3 is 0 Å². The quantitative estimate of drug-likeness (QED) is 0.781. The van der Waals surface area contributed by atoms with E-state index < -0.39 is 0 Å². The lowest BCUT2D eigenvalue weighted by Crippen LogP contribution is -1.94. The number of nitrogen functional groups attached to an aromatic ring is 1. The number of fused-ring (bicyclic) bond motifs is 1. The molecule has 0 atom stereocenters. The second kappa shape index (κ2) is 4.89. The molecule has 0 aliphatic rings. The average molecular weight is 308 g/mol.